The molecule has 0 fully saturated rings. The van der Waals surface area contributed by atoms with Crippen molar-refractivity contribution in [2.75, 3.05) is 0 Å². The molecule has 0 bridgehead atoms. The summed E-state index contributed by atoms with van der Waals surface area (Å²) in [5, 5.41) is 10.8. The number of aryl methyl sites for hydroxylation is 2. The predicted molar refractivity (Wildman–Crippen MR) is 98.0 cm³/mol. The predicted octanol–water partition coefficient (Wildman–Crippen LogP) is 3.21. The number of nitrogens with one attached hydrogen (secondary N) is 1. The van der Waals surface area contributed by atoms with E-state index in [1.807, 2.05) is 31.2 Å². The van der Waals surface area contributed by atoms with Gasteiger partial charge in [-0.05, 0) is 44.7 Å². The van der Waals surface area contributed by atoms with Crippen LogP contribution < -0.4 is 5.32 Å². The normalized spacial score (nSPS) is 11.4. The van der Waals surface area contributed by atoms with Crippen LogP contribution in [0.2, 0.25) is 0 Å². The first kappa shape index (κ1) is 18.6. The van der Waals surface area contributed by atoms with Crippen LogP contribution in [0.3, 0.4) is 0 Å². The number of pyridine rings is 1. The molecule has 0 aliphatic heterocycles. The Labute approximate surface area is 148 Å². The van der Waals surface area contributed by atoms with E-state index < -0.39 is 0 Å². The third kappa shape index (κ3) is 6.33. The first-order chi connectivity index (χ1) is 12.1. The molecular formula is C19H25N5O. The van der Waals surface area contributed by atoms with Crippen LogP contribution in [0.1, 0.15) is 47.9 Å². The van der Waals surface area contributed by atoms with Gasteiger partial charge >= 0.3 is 0 Å². The minimum absolute atomic E-state index is 0.225. The van der Waals surface area contributed by atoms with Crippen molar-refractivity contribution < 1.29 is 4.79 Å². The number of nitrogens with zero attached hydrogens (tertiary/aromatic N) is 4. The number of carbonyl (C=O) groups excluding carboxylic acids is 1. The lowest BCUT2D eigenvalue weighted by atomic mass is 10.1. The van der Waals surface area contributed by atoms with Gasteiger partial charge in [-0.1, -0.05) is 35.6 Å². The molecule has 25 heavy (non-hydrogen) atoms. The standard InChI is InChI=1S/C19H25N5O/c1-4-7-15(2)8-5-6-11-24-14-18(22-23-24)19(25)21-13-17-10-9-16(3)20-12-17/h4,7,9-10,12,14H,1,5-6,8,11,13H2,2-3H3,(H,21,25)/b15-7+. The Morgan fingerprint density at radius 3 is 2.92 bits per heavy atom. The third-order valence-corrected chi connectivity index (χ3v) is 3.81. The number of rotatable bonds is 9. The Balaban J connectivity index is 1.75. The van der Waals surface area contributed by atoms with E-state index >= 15 is 0 Å². The number of unbranched alkanes of at least 4 members (excludes halogenated alkanes) is 1. The van der Waals surface area contributed by atoms with Gasteiger partial charge in [-0.25, -0.2) is 0 Å². The molecule has 132 valence electrons. The summed E-state index contributed by atoms with van der Waals surface area (Å²) in [5.74, 6) is -0.225. The minimum Gasteiger partial charge on any atom is -0.346 e. The fraction of sp³-hybridized carbons (Fsp3) is 0.368. The summed E-state index contributed by atoms with van der Waals surface area (Å²) in [6.07, 6.45) is 10.4. The maximum absolute atomic E-state index is 12.1. The highest BCUT2D eigenvalue weighted by Crippen LogP contribution is 2.07. The summed E-state index contributed by atoms with van der Waals surface area (Å²) >= 11 is 0. The Bertz CT molecular complexity index is 731. The molecule has 6 nitrogen and oxygen atoms in total. The number of hydrogen-bond donors (Lipinski definition) is 1. The number of allylic oxidation sites excluding steroid dienone is 3. The van der Waals surface area contributed by atoms with Crippen molar-refractivity contribution in [1.82, 2.24) is 25.3 Å². The molecule has 0 spiro atoms. The molecule has 1 amide bonds. The molecule has 0 aliphatic carbocycles. The molecule has 6 heteroatoms. The molecule has 2 heterocycles. The average molecular weight is 339 g/mol. The number of aromatic nitrogens is 4. The highest BCUT2D eigenvalue weighted by atomic mass is 16.2. The average Bonchev–Trinajstić information content (AvgIpc) is 3.07. The van der Waals surface area contributed by atoms with Crippen molar-refractivity contribution in [2.45, 2.75) is 46.2 Å². The van der Waals surface area contributed by atoms with Gasteiger partial charge in [-0.2, -0.15) is 0 Å². The van der Waals surface area contributed by atoms with Crippen LogP contribution >= 0.6 is 0 Å². The number of hydrogen-bond acceptors (Lipinski definition) is 4. The first-order valence-corrected chi connectivity index (χ1v) is 8.46. The van der Waals surface area contributed by atoms with E-state index in [-0.39, 0.29) is 5.91 Å². The quantitative estimate of drug-likeness (QED) is 0.562. The second-order valence-electron chi connectivity index (χ2n) is 6.06. The Morgan fingerprint density at radius 1 is 1.36 bits per heavy atom. The summed E-state index contributed by atoms with van der Waals surface area (Å²) in [7, 11) is 0. The highest BCUT2D eigenvalue weighted by Gasteiger charge is 2.10. The maximum atomic E-state index is 12.1. The van der Waals surface area contributed by atoms with E-state index in [0.29, 0.717) is 12.2 Å². The van der Waals surface area contributed by atoms with E-state index in [0.717, 1.165) is 37.1 Å². The van der Waals surface area contributed by atoms with Gasteiger partial charge in [0, 0.05) is 25.0 Å². The zero-order chi connectivity index (χ0) is 18.1. The fourth-order valence-electron chi connectivity index (χ4n) is 2.35. The van der Waals surface area contributed by atoms with Crippen molar-refractivity contribution in [3.63, 3.8) is 0 Å². The van der Waals surface area contributed by atoms with Crippen LogP contribution in [-0.4, -0.2) is 25.9 Å². The summed E-state index contributed by atoms with van der Waals surface area (Å²) in [6.45, 7) is 8.90. The van der Waals surface area contributed by atoms with Crippen molar-refractivity contribution in [1.29, 1.82) is 0 Å². The van der Waals surface area contributed by atoms with Crippen LogP contribution in [0.15, 0.2) is 48.8 Å². The van der Waals surface area contributed by atoms with Crippen LogP contribution in [0.5, 0.6) is 0 Å². The third-order valence-electron chi connectivity index (χ3n) is 3.81. The molecule has 0 atom stereocenters. The van der Waals surface area contributed by atoms with E-state index in [1.165, 1.54) is 5.57 Å². The van der Waals surface area contributed by atoms with Gasteiger partial charge in [0.25, 0.3) is 5.91 Å². The van der Waals surface area contributed by atoms with Crippen molar-refractivity contribution in [2.24, 2.45) is 0 Å². The molecule has 0 aliphatic rings. The Morgan fingerprint density at radius 2 is 2.20 bits per heavy atom. The molecule has 0 unspecified atom stereocenters. The molecule has 0 saturated heterocycles. The smallest absolute Gasteiger partial charge is 0.273 e. The molecule has 2 rings (SSSR count). The molecule has 2 aromatic heterocycles. The monoisotopic (exact) mass is 339 g/mol. The topological polar surface area (TPSA) is 72.7 Å². The van der Waals surface area contributed by atoms with Gasteiger partial charge in [0.1, 0.15) is 0 Å². The second-order valence-corrected chi connectivity index (χ2v) is 6.06. The second kappa shape index (κ2) is 9.52. The summed E-state index contributed by atoms with van der Waals surface area (Å²) < 4.78 is 1.72. The zero-order valence-electron chi connectivity index (χ0n) is 14.9. The van der Waals surface area contributed by atoms with Gasteiger partial charge in [0.2, 0.25) is 0 Å². The lowest BCUT2D eigenvalue weighted by molar-refractivity contribution is 0.0946. The van der Waals surface area contributed by atoms with E-state index in [9.17, 15) is 4.79 Å². The lowest BCUT2D eigenvalue weighted by Gasteiger charge is -2.03. The summed E-state index contributed by atoms with van der Waals surface area (Å²) in [4.78, 5) is 16.3. The van der Waals surface area contributed by atoms with Crippen LogP contribution in [-0.2, 0) is 13.1 Å². The van der Waals surface area contributed by atoms with Gasteiger partial charge in [0.15, 0.2) is 5.69 Å². The summed E-state index contributed by atoms with van der Waals surface area (Å²) in [5.41, 5.74) is 3.56. The van der Waals surface area contributed by atoms with Gasteiger partial charge < -0.3 is 5.32 Å². The molecule has 0 radical (unpaired) electrons. The maximum Gasteiger partial charge on any atom is 0.273 e. The van der Waals surface area contributed by atoms with Crippen molar-refractivity contribution >= 4 is 5.91 Å². The van der Waals surface area contributed by atoms with E-state index in [1.54, 1.807) is 17.1 Å². The lowest BCUT2D eigenvalue weighted by Crippen LogP contribution is -2.23. The van der Waals surface area contributed by atoms with Crippen LogP contribution in [0.25, 0.3) is 0 Å². The molecule has 2 aromatic rings. The summed E-state index contributed by atoms with van der Waals surface area (Å²) in [6, 6.07) is 3.87. The molecule has 0 saturated carbocycles. The number of carbonyl (C=O) groups is 1. The first-order valence-electron chi connectivity index (χ1n) is 8.46. The van der Waals surface area contributed by atoms with Crippen LogP contribution in [0, 0.1) is 6.92 Å². The fourth-order valence-corrected chi connectivity index (χ4v) is 2.35. The molecular weight excluding hydrogens is 314 g/mol. The Hall–Kier alpha value is -2.76. The van der Waals surface area contributed by atoms with Crippen molar-refractivity contribution in [3.05, 3.63) is 65.8 Å². The minimum atomic E-state index is -0.225. The van der Waals surface area contributed by atoms with E-state index in [2.05, 4.69) is 34.1 Å². The highest BCUT2D eigenvalue weighted by molar-refractivity contribution is 5.91. The van der Waals surface area contributed by atoms with Gasteiger partial charge in [0.05, 0.1) is 6.20 Å². The number of amides is 1. The molecule has 0 aromatic carbocycles. The molecule has 1 N–H and O–H groups in total. The van der Waals surface area contributed by atoms with Crippen molar-refractivity contribution in [3.8, 4) is 0 Å². The van der Waals surface area contributed by atoms with E-state index in [4.69, 9.17) is 0 Å². The van der Waals surface area contributed by atoms with Gasteiger partial charge in [-0.15, -0.1) is 5.10 Å². The Kier molecular flexibility index (Phi) is 7.07. The van der Waals surface area contributed by atoms with Gasteiger partial charge in [-0.3, -0.25) is 14.5 Å². The SMILES string of the molecule is C=C/C=C(\C)CCCCn1cc(C(=O)NCc2ccc(C)nc2)nn1. The largest absolute Gasteiger partial charge is 0.346 e. The van der Waals surface area contributed by atoms with Crippen LogP contribution in [0.4, 0.5) is 0 Å². The zero-order valence-corrected chi connectivity index (χ0v) is 14.9.